The van der Waals surface area contributed by atoms with Crippen molar-refractivity contribution in [3.8, 4) is 0 Å². The van der Waals surface area contributed by atoms with E-state index in [0.29, 0.717) is 0 Å². The lowest BCUT2D eigenvalue weighted by Gasteiger charge is -2.10. The van der Waals surface area contributed by atoms with E-state index in [1.165, 1.54) is 49.1 Å². The van der Waals surface area contributed by atoms with Gasteiger partial charge >= 0.3 is 0 Å². The third-order valence-electron chi connectivity index (χ3n) is 3.75. The van der Waals surface area contributed by atoms with Crippen molar-refractivity contribution >= 4 is 17.4 Å². The smallest absolute Gasteiger partial charge is 0.0341 e. The standard InChI is InChI=1S/C15H21NS/c1-2-4-14(3-1)17-15-9-7-13(8-10-15)16-11-12-5-6-12/h7-10,12,14,16H,1-6,11H2. The second-order valence-electron chi connectivity index (χ2n) is 5.37. The van der Waals surface area contributed by atoms with Crippen molar-refractivity contribution in [2.45, 2.75) is 48.7 Å². The third kappa shape index (κ3) is 3.41. The van der Waals surface area contributed by atoms with Crippen LogP contribution in [0.3, 0.4) is 0 Å². The molecule has 0 aliphatic heterocycles. The highest BCUT2D eigenvalue weighted by molar-refractivity contribution is 8.00. The first kappa shape index (κ1) is 11.5. The van der Waals surface area contributed by atoms with Crippen LogP contribution in [0, 0.1) is 5.92 Å². The Bertz CT molecular complexity index is 350. The number of thioether (sulfide) groups is 1. The monoisotopic (exact) mass is 247 g/mol. The van der Waals surface area contributed by atoms with Gasteiger partial charge in [0.15, 0.2) is 0 Å². The number of benzene rings is 1. The molecule has 2 aliphatic carbocycles. The van der Waals surface area contributed by atoms with Gasteiger partial charge in [-0.15, -0.1) is 11.8 Å². The molecule has 2 aliphatic rings. The number of nitrogens with one attached hydrogen (secondary N) is 1. The summed E-state index contributed by atoms with van der Waals surface area (Å²) in [5, 5.41) is 4.39. The van der Waals surface area contributed by atoms with E-state index in [4.69, 9.17) is 0 Å². The van der Waals surface area contributed by atoms with Crippen molar-refractivity contribution in [3.05, 3.63) is 24.3 Å². The van der Waals surface area contributed by atoms with Crippen LogP contribution in [0.25, 0.3) is 0 Å². The molecule has 0 atom stereocenters. The van der Waals surface area contributed by atoms with Crippen LogP contribution in [0.1, 0.15) is 38.5 Å². The van der Waals surface area contributed by atoms with Gasteiger partial charge in [0, 0.05) is 22.4 Å². The van der Waals surface area contributed by atoms with Gasteiger partial charge in [0.2, 0.25) is 0 Å². The quantitative estimate of drug-likeness (QED) is 0.819. The van der Waals surface area contributed by atoms with Crippen LogP contribution in [-0.4, -0.2) is 11.8 Å². The van der Waals surface area contributed by atoms with Gasteiger partial charge in [0.05, 0.1) is 0 Å². The van der Waals surface area contributed by atoms with Gasteiger partial charge in [-0.2, -0.15) is 0 Å². The van der Waals surface area contributed by atoms with Crippen molar-refractivity contribution < 1.29 is 0 Å². The molecule has 0 unspecified atom stereocenters. The summed E-state index contributed by atoms with van der Waals surface area (Å²) in [7, 11) is 0. The summed E-state index contributed by atoms with van der Waals surface area (Å²) in [5.74, 6) is 0.947. The molecule has 1 N–H and O–H groups in total. The maximum atomic E-state index is 3.52. The fourth-order valence-corrected chi connectivity index (χ4v) is 3.68. The van der Waals surface area contributed by atoms with Gasteiger partial charge in [-0.05, 0) is 55.9 Å². The summed E-state index contributed by atoms with van der Waals surface area (Å²) in [4.78, 5) is 1.44. The summed E-state index contributed by atoms with van der Waals surface area (Å²) in [5.41, 5.74) is 1.28. The van der Waals surface area contributed by atoms with E-state index >= 15 is 0 Å². The highest BCUT2D eigenvalue weighted by Gasteiger charge is 2.20. The lowest BCUT2D eigenvalue weighted by atomic mass is 10.3. The van der Waals surface area contributed by atoms with Crippen molar-refractivity contribution in [2.24, 2.45) is 5.92 Å². The van der Waals surface area contributed by atoms with Crippen LogP contribution in [0.2, 0.25) is 0 Å². The Morgan fingerprint density at radius 2 is 1.71 bits per heavy atom. The third-order valence-corrected chi connectivity index (χ3v) is 5.10. The zero-order valence-electron chi connectivity index (χ0n) is 10.3. The number of hydrogen-bond acceptors (Lipinski definition) is 2. The summed E-state index contributed by atoms with van der Waals surface area (Å²) < 4.78 is 0. The molecule has 0 aromatic heterocycles. The minimum atomic E-state index is 0.875. The molecule has 17 heavy (non-hydrogen) atoms. The molecule has 0 amide bonds. The summed E-state index contributed by atoms with van der Waals surface area (Å²) in [6.07, 6.45) is 8.52. The van der Waals surface area contributed by atoms with Crippen LogP contribution < -0.4 is 5.32 Å². The Morgan fingerprint density at radius 1 is 1.00 bits per heavy atom. The van der Waals surface area contributed by atoms with Crippen molar-refractivity contribution in [3.63, 3.8) is 0 Å². The van der Waals surface area contributed by atoms with Crippen LogP contribution in [0.15, 0.2) is 29.2 Å². The molecule has 1 aromatic rings. The van der Waals surface area contributed by atoms with Gasteiger partial charge in [-0.25, -0.2) is 0 Å². The van der Waals surface area contributed by atoms with Gasteiger partial charge in [-0.1, -0.05) is 12.8 Å². The zero-order valence-corrected chi connectivity index (χ0v) is 11.1. The molecule has 0 radical (unpaired) electrons. The highest BCUT2D eigenvalue weighted by Crippen LogP contribution is 2.35. The molecule has 0 heterocycles. The first-order chi connectivity index (χ1) is 8.40. The van der Waals surface area contributed by atoms with E-state index in [1.807, 2.05) is 0 Å². The first-order valence-corrected chi connectivity index (χ1v) is 7.79. The Balaban J connectivity index is 1.51. The predicted octanol–water partition coefficient (Wildman–Crippen LogP) is 4.54. The second kappa shape index (κ2) is 5.34. The number of anilines is 1. The van der Waals surface area contributed by atoms with Crippen molar-refractivity contribution in [2.75, 3.05) is 11.9 Å². The predicted molar refractivity (Wildman–Crippen MR) is 75.8 cm³/mol. The van der Waals surface area contributed by atoms with E-state index < -0.39 is 0 Å². The van der Waals surface area contributed by atoms with E-state index in [9.17, 15) is 0 Å². The van der Waals surface area contributed by atoms with Crippen LogP contribution in [-0.2, 0) is 0 Å². The lowest BCUT2D eigenvalue weighted by molar-refractivity contribution is 0.886. The SMILES string of the molecule is c1cc(SC2CCCC2)ccc1NCC1CC1. The molecule has 1 nitrogen and oxygen atoms in total. The van der Waals surface area contributed by atoms with E-state index in [-0.39, 0.29) is 0 Å². The molecular formula is C15H21NS. The minimum Gasteiger partial charge on any atom is -0.385 e. The van der Waals surface area contributed by atoms with Gasteiger partial charge < -0.3 is 5.32 Å². The van der Waals surface area contributed by atoms with Crippen molar-refractivity contribution in [1.82, 2.24) is 0 Å². The average molecular weight is 247 g/mol. The summed E-state index contributed by atoms with van der Waals surface area (Å²) in [6, 6.07) is 9.02. The van der Waals surface area contributed by atoms with Crippen LogP contribution in [0.5, 0.6) is 0 Å². The average Bonchev–Trinajstić information content (AvgIpc) is 3.05. The number of hydrogen-bond donors (Lipinski definition) is 1. The molecule has 0 bridgehead atoms. The fourth-order valence-electron chi connectivity index (χ4n) is 2.43. The molecule has 2 heteroatoms. The van der Waals surface area contributed by atoms with Crippen molar-refractivity contribution in [1.29, 1.82) is 0 Å². The molecule has 2 saturated carbocycles. The molecule has 92 valence electrons. The molecule has 0 spiro atoms. The Morgan fingerprint density at radius 3 is 2.35 bits per heavy atom. The van der Waals surface area contributed by atoms with Gasteiger partial charge in [0.25, 0.3) is 0 Å². The van der Waals surface area contributed by atoms with Gasteiger partial charge in [0.1, 0.15) is 0 Å². The molecular weight excluding hydrogens is 226 g/mol. The van der Waals surface area contributed by atoms with Gasteiger partial charge in [-0.3, -0.25) is 0 Å². The van der Waals surface area contributed by atoms with Crippen LogP contribution in [0.4, 0.5) is 5.69 Å². The largest absolute Gasteiger partial charge is 0.385 e. The molecule has 3 rings (SSSR count). The van der Waals surface area contributed by atoms with E-state index in [2.05, 4.69) is 41.3 Å². The minimum absolute atomic E-state index is 0.875. The Hall–Kier alpha value is -0.630. The first-order valence-electron chi connectivity index (χ1n) is 6.91. The molecule has 2 fully saturated rings. The van der Waals surface area contributed by atoms with Crippen LogP contribution >= 0.6 is 11.8 Å². The highest BCUT2D eigenvalue weighted by atomic mass is 32.2. The summed E-state index contributed by atoms with van der Waals surface area (Å²) >= 11 is 2.07. The van der Waals surface area contributed by atoms with E-state index in [1.54, 1.807) is 0 Å². The lowest BCUT2D eigenvalue weighted by Crippen LogP contribution is -2.02. The normalized spacial score (nSPS) is 20.7. The molecule has 1 aromatic carbocycles. The second-order valence-corrected chi connectivity index (χ2v) is 6.75. The van der Waals surface area contributed by atoms with E-state index in [0.717, 1.165) is 17.7 Å². The zero-order chi connectivity index (χ0) is 11.5. The molecule has 0 saturated heterocycles. The topological polar surface area (TPSA) is 12.0 Å². The summed E-state index contributed by atoms with van der Waals surface area (Å²) in [6.45, 7) is 1.16. The number of rotatable bonds is 5. The Labute approximate surface area is 108 Å². The maximum Gasteiger partial charge on any atom is 0.0341 e. The maximum absolute atomic E-state index is 3.52. The fraction of sp³-hybridized carbons (Fsp3) is 0.600. The Kier molecular flexibility index (Phi) is 3.60.